The third-order valence-corrected chi connectivity index (χ3v) is 3.81. The zero-order chi connectivity index (χ0) is 12.0. The fourth-order valence-electron chi connectivity index (χ4n) is 2.76. The number of hydrogen-bond acceptors (Lipinski definition) is 1. The largest absolute Gasteiger partial charge is 0.296 e. The molecule has 1 aliphatic rings. The van der Waals surface area contributed by atoms with Crippen LogP contribution in [0, 0.1) is 0 Å². The molecule has 1 nitrogen and oxygen atoms in total. The molecular weight excluding hydrogens is 194 g/mol. The number of hydrogen-bond donors (Lipinski definition) is 0. The van der Waals surface area contributed by atoms with E-state index in [-0.39, 0.29) is 0 Å². The summed E-state index contributed by atoms with van der Waals surface area (Å²) < 4.78 is 0. The Hall–Kier alpha value is -0.560. The van der Waals surface area contributed by atoms with E-state index in [2.05, 4.69) is 50.9 Å². The SMILES string of the molecule is CCC(CC)N(C)C(CC)C1=CCCC=C1. The highest BCUT2D eigenvalue weighted by molar-refractivity contribution is 5.27. The lowest BCUT2D eigenvalue weighted by molar-refractivity contribution is 0.182. The summed E-state index contributed by atoms with van der Waals surface area (Å²) in [7, 11) is 2.29. The van der Waals surface area contributed by atoms with E-state index >= 15 is 0 Å². The smallest absolute Gasteiger partial charge is 0.0342 e. The number of nitrogens with zero attached hydrogens (tertiary/aromatic N) is 1. The van der Waals surface area contributed by atoms with Gasteiger partial charge < -0.3 is 0 Å². The molecule has 0 fully saturated rings. The lowest BCUT2D eigenvalue weighted by Crippen LogP contribution is -2.40. The van der Waals surface area contributed by atoms with Crippen LogP contribution in [0.4, 0.5) is 0 Å². The first kappa shape index (κ1) is 13.5. The highest BCUT2D eigenvalue weighted by Gasteiger charge is 2.21. The Morgan fingerprint density at radius 1 is 1.12 bits per heavy atom. The lowest BCUT2D eigenvalue weighted by Gasteiger charge is -2.35. The minimum Gasteiger partial charge on any atom is -0.296 e. The Bertz CT molecular complexity index is 248. The van der Waals surface area contributed by atoms with Crippen LogP contribution < -0.4 is 0 Å². The molecule has 0 aromatic rings. The fourth-order valence-corrected chi connectivity index (χ4v) is 2.76. The van der Waals surface area contributed by atoms with Crippen molar-refractivity contribution in [1.29, 1.82) is 0 Å². The number of likely N-dealkylation sites (N-methyl/N-ethyl adjacent to an activating group) is 1. The molecule has 0 spiro atoms. The van der Waals surface area contributed by atoms with Gasteiger partial charge in [0, 0.05) is 12.1 Å². The Morgan fingerprint density at radius 3 is 2.25 bits per heavy atom. The maximum Gasteiger partial charge on any atom is 0.0342 e. The van der Waals surface area contributed by atoms with Crippen molar-refractivity contribution in [2.24, 2.45) is 0 Å². The van der Waals surface area contributed by atoms with E-state index in [1.165, 1.54) is 37.7 Å². The van der Waals surface area contributed by atoms with Gasteiger partial charge in [-0.25, -0.2) is 0 Å². The third kappa shape index (κ3) is 3.21. The van der Waals surface area contributed by atoms with Gasteiger partial charge in [-0.3, -0.25) is 4.90 Å². The van der Waals surface area contributed by atoms with Crippen molar-refractivity contribution in [2.45, 2.75) is 65.0 Å². The first-order valence-electron chi connectivity index (χ1n) is 6.83. The Kier molecular flexibility index (Phi) is 5.83. The second kappa shape index (κ2) is 6.90. The predicted molar refractivity (Wildman–Crippen MR) is 72.7 cm³/mol. The summed E-state index contributed by atoms with van der Waals surface area (Å²) in [5, 5.41) is 0. The fraction of sp³-hybridized carbons (Fsp3) is 0.733. The van der Waals surface area contributed by atoms with Crippen LogP contribution in [-0.4, -0.2) is 24.0 Å². The van der Waals surface area contributed by atoms with Gasteiger partial charge in [-0.15, -0.1) is 0 Å². The molecule has 1 rings (SSSR count). The maximum atomic E-state index is 2.57. The summed E-state index contributed by atoms with van der Waals surface area (Å²) in [5.74, 6) is 0. The Labute approximate surface area is 101 Å². The molecule has 0 saturated heterocycles. The monoisotopic (exact) mass is 221 g/mol. The van der Waals surface area contributed by atoms with Gasteiger partial charge in [0.25, 0.3) is 0 Å². The molecule has 92 valence electrons. The van der Waals surface area contributed by atoms with Crippen molar-refractivity contribution in [3.63, 3.8) is 0 Å². The van der Waals surface area contributed by atoms with E-state index in [0.29, 0.717) is 6.04 Å². The topological polar surface area (TPSA) is 3.24 Å². The van der Waals surface area contributed by atoms with Gasteiger partial charge in [-0.2, -0.15) is 0 Å². The summed E-state index contributed by atoms with van der Waals surface area (Å²) in [6.07, 6.45) is 13.2. The van der Waals surface area contributed by atoms with Crippen molar-refractivity contribution in [3.8, 4) is 0 Å². The van der Waals surface area contributed by atoms with Gasteiger partial charge in [0.05, 0.1) is 0 Å². The molecule has 0 bridgehead atoms. The Morgan fingerprint density at radius 2 is 1.81 bits per heavy atom. The van der Waals surface area contributed by atoms with Crippen LogP contribution in [0.2, 0.25) is 0 Å². The standard InChI is InChI=1S/C15H27N/c1-5-14(6-2)16(4)15(7-3)13-11-9-8-10-12-13/h9,11-12,14-15H,5-8,10H2,1-4H3. The molecule has 1 unspecified atom stereocenters. The van der Waals surface area contributed by atoms with E-state index < -0.39 is 0 Å². The third-order valence-electron chi connectivity index (χ3n) is 3.81. The number of allylic oxidation sites excluding steroid dienone is 2. The van der Waals surface area contributed by atoms with E-state index in [4.69, 9.17) is 0 Å². The van der Waals surface area contributed by atoms with Crippen LogP contribution in [0.25, 0.3) is 0 Å². The zero-order valence-electron chi connectivity index (χ0n) is 11.4. The van der Waals surface area contributed by atoms with E-state index in [9.17, 15) is 0 Å². The molecule has 1 aliphatic carbocycles. The minimum absolute atomic E-state index is 0.612. The molecule has 0 aromatic heterocycles. The molecule has 0 N–H and O–H groups in total. The average molecular weight is 221 g/mol. The van der Waals surface area contributed by atoms with E-state index in [1.54, 1.807) is 0 Å². The first-order valence-corrected chi connectivity index (χ1v) is 6.83. The second-order valence-corrected chi connectivity index (χ2v) is 4.74. The van der Waals surface area contributed by atoms with Crippen LogP contribution in [0.1, 0.15) is 52.9 Å². The summed E-state index contributed by atoms with van der Waals surface area (Å²) in [5.41, 5.74) is 1.53. The molecule has 1 atom stereocenters. The normalized spacial score (nSPS) is 18.0. The molecule has 0 radical (unpaired) electrons. The summed E-state index contributed by atoms with van der Waals surface area (Å²) >= 11 is 0. The van der Waals surface area contributed by atoms with Crippen LogP contribution in [0.3, 0.4) is 0 Å². The molecule has 1 heteroatoms. The molecule has 0 heterocycles. The van der Waals surface area contributed by atoms with E-state index in [1.807, 2.05) is 0 Å². The highest BCUT2D eigenvalue weighted by Crippen LogP contribution is 2.22. The molecule has 0 amide bonds. The molecular formula is C15H27N. The van der Waals surface area contributed by atoms with Crippen molar-refractivity contribution in [2.75, 3.05) is 7.05 Å². The molecule has 16 heavy (non-hydrogen) atoms. The van der Waals surface area contributed by atoms with Crippen LogP contribution in [0.15, 0.2) is 23.8 Å². The quantitative estimate of drug-likeness (QED) is 0.651. The predicted octanol–water partition coefficient (Wildman–Crippen LogP) is 4.16. The van der Waals surface area contributed by atoms with Crippen LogP contribution >= 0.6 is 0 Å². The van der Waals surface area contributed by atoms with Gasteiger partial charge in [-0.1, -0.05) is 39.0 Å². The average Bonchev–Trinajstić information content (AvgIpc) is 2.33. The first-order chi connectivity index (χ1) is 7.74. The lowest BCUT2D eigenvalue weighted by atomic mass is 9.95. The maximum absolute atomic E-state index is 2.57. The van der Waals surface area contributed by atoms with Gasteiger partial charge in [-0.05, 0) is 44.7 Å². The number of rotatable bonds is 6. The zero-order valence-corrected chi connectivity index (χ0v) is 11.4. The second-order valence-electron chi connectivity index (χ2n) is 4.74. The molecule has 0 aromatic carbocycles. The highest BCUT2D eigenvalue weighted by atomic mass is 15.2. The van der Waals surface area contributed by atoms with E-state index in [0.717, 1.165) is 6.04 Å². The van der Waals surface area contributed by atoms with Gasteiger partial charge in [0.15, 0.2) is 0 Å². The van der Waals surface area contributed by atoms with Crippen LogP contribution in [-0.2, 0) is 0 Å². The summed E-state index contributed by atoms with van der Waals surface area (Å²) in [6.45, 7) is 6.89. The molecule has 0 saturated carbocycles. The van der Waals surface area contributed by atoms with Crippen molar-refractivity contribution < 1.29 is 0 Å². The van der Waals surface area contributed by atoms with Crippen molar-refractivity contribution in [1.82, 2.24) is 4.90 Å². The molecule has 0 aliphatic heterocycles. The van der Waals surface area contributed by atoms with Crippen molar-refractivity contribution >= 4 is 0 Å². The van der Waals surface area contributed by atoms with Crippen molar-refractivity contribution in [3.05, 3.63) is 23.8 Å². The van der Waals surface area contributed by atoms with Crippen LogP contribution in [0.5, 0.6) is 0 Å². The summed E-state index contributed by atoms with van der Waals surface area (Å²) in [6, 6.07) is 1.34. The van der Waals surface area contributed by atoms with Gasteiger partial charge in [0.2, 0.25) is 0 Å². The van der Waals surface area contributed by atoms with Gasteiger partial charge in [0.1, 0.15) is 0 Å². The van der Waals surface area contributed by atoms with Gasteiger partial charge >= 0.3 is 0 Å². The summed E-state index contributed by atoms with van der Waals surface area (Å²) in [4.78, 5) is 2.57. The Balaban J connectivity index is 2.72. The minimum atomic E-state index is 0.612.